The fourth-order valence-electron chi connectivity index (χ4n) is 2.76. The minimum absolute atomic E-state index is 0.0963. The second-order valence-electron chi connectivity index (χ2n) is 6.63. The molecule has 2 aromatic carbocycles. The zero-order valence-electron chi connectivity index (χ0n) is 16.2. The molecular formula is C21H19ClFN3O4S. The SMILES string of the molecule is O=C(CCNS(=O)(=O)c1ccc(F)cc1)Nc1ccc(=O)n(Cc2ccccc2Cl)c1. The van der Waals surface area contributed by atoms with Crippen LogP contribution in [0.5, 0.6) is 0 Å². The van der Waals surface area contributed by atoms with Gasteiger partial charge in [0, 0.05) is 30.3 Å². The lowest BCUT2D eigenvalue weighted by Gasteiger charge is -2.11. The van der Waals surface area contributed by atoms with E-state index in [1.54, 1.807) is 18.2 Å². The summed E-state index contributed by atoms with van der Waals surface area (Å²) < 4.78 is 40.9. The summed E-state index contributed by atoms with van der Waals surface area (Å²) in [6, 6.07) is 14.3. The van der Waals surface area contributed by atoms with Gasteiger partial charge in [-0.15, -0.1) is 0 Å². The first-order chi connectivity index (χ1) is 14.7. The molecule has 3 aromatic rings. The fraction of sp³-hybridized carbons (Fsp3) is 0.143. The summed E-state index contributed by atoms with van der Waals surface area (Å²) in [6.45, 7) is 0.0878. The maximum absolute atomic E-state index is 12.9. The van der Waals surface area contributed by atoms with Crippen LogP contribution in [0.25, 0.3) is 0 Å². The van der Waals surface area contributed by atoms with E-state index in [9.17, 15) is 22.4 Å². The van der Waals surface area contributed by atoms with E-state index < -0.39 is 21.7 Å². The summed E-state index contributed by atoms with van der Waals surface area (Å²) in [4.78, 5) is 24.2. The lowest BCUT2D eigenvalue weighted by Crippen LogP contribution is -2.28. The monoisotopic (exact) mass is 463 g/mol. The molecule has 1 heterocycles. The average Bonchev–Trinajstić information content (AvgIpc) is 2.72. The predicted molar refractivity (Wildman–Crippen MR) is 116 cm³/mol. The molecule has 0 aliphatic heterocycles. The van der Waals surface area contributed by atoms with E-state index in [4.69, 9.17) is 11.6 Å². The molecule has 10 heteroatoms. The van der Waals surface area contributed by atoms with E-state index in [-0.39, 0.29) is 30.0 Å². The summed E-state index contributed by atoms with van der Waals surface area (Å²) in [5, 5.41) is 3.15. The van der Waals surface area contributed by atoms with Crippen molar-refractivity contribution in [2.24, 2.45) is 0 Å². The maximum Gasteiger partial charge on any atom is 0.250 e. The van der Waals surface area contributed by atoms with Crippen LogP contribution in [-0.4, -0.2) is 25.4 Å². The lowest BCUT2D eigenvalue weighted by atomic mass is 10.2. The number of rotatable bonds is 8. The summed E-state index contributed by atoms with van der Waals surface area (Å²) in [6.07, 6.45) is 1.36. The first kappa shape index (κ1) is 22.7. The highest BCUT2D eigenvalue weighted by Crippen LogP contribution is 2.16. The number of aromatic nitrogens is 1. The highest BCUT2D eigenvalue weighted by atomic mass is 35.5. The van der Waals surface area contributed by atoms with Crippen molar-refractivity contribution in [3.05, 3.63) is 93.6 Å². The van der Waals surface area contributed by atoms with E-state index >= 15 is 0 Å². The van der Waals surface area contributed by atoms with Gasteiger partial charge in [0.05, 0.1) is 17.1 Å². The molecule has 0 saturated heterocycles. The summed E-state index contributed by atoms with van der Waals surface area (Å²) in [5.74, 6) is -0.987. The van der Waals surface area contributed by atoms with Crippen LogP contribution in [0, 0.1) is 5.82 Å². The van der Waals surface area contributed by atoms with E-state index in [2.05, 4.69) is 10.0 Å². The molecular weight excluding hydrogens is 445 g/mol. The minimum Gasteiger partial charge on any atom is -0.325 e. The Labute approximate surface area is 183 Å². The number of anilines is 1. The number of amides is 1. The number of hydrogen-bond donors (Lipinski definition) is 2. The second-order valence-corrected chi connectivity index (χ2v) is 8.80. The van der Waals surface area contributed by atoms with Crippen molar-refractivity contribution in [2.45, 2.75) is 17.9 Å². The van der Waals surface area contributed by atoms with Crippen molar-refractivity contribution < 1.29 is 17.6 Å². The van der Waals surface area contributed by atoms with Crippen LogP contribution in [0.4, 0.5) is 10.1 Å². The van der Waals surface area contributed by atoms with Gasteiger partial charge in [0.2, 0.25) is 15.9 Å². The number of pyridine rings is 1. The van der Waals surface area contributed by atoms with Gasteiger partial charge in [-0.2, -0.15) is 0 Å². The highest BCUT2D eigenvalue weighted by Gasteiger charge is 2.14. The Morgan fingerprint density at radius 1 is 1.03 bits per heavy atom. The Morgan fingerprint density at radius 2 is 1.74 bits per heavy atom. The Kier molecular flexibility index (Phi) is 7.21. The number of carbonyl (C=O) groups is 1. The number of nitrogens with one attached hydrogen (secondary N) is 2. The summed E-state index contributed by atoms with van der Waals surface area (Å²) in [7, 11) is -3.85. The van der Waals surface area contributed by atoms with Crippen LogP contribution in [0.3, 0.4) is 0 Å². The Hall–Kier alpha value is -3.01. The third-order valence-electron chi connectivity index (χ3n) is 4.33. The van der Waals surface area contributed by atoms with Gasteiger partial charge in [-0.05, 0) is 42.0 Å². The Bertz CT molecular complexity index is 1240. The van der Waals surface area contributed by atoms with E-state index in [0.29, 0.717) is 10.7 Å². The molecule has 0 spiro atoms. The van der Waals surface area contributed by atoms with E-state index in [0.717, 1.165) is 29.8 Å². The van der Waals surface area contributed by atoms with Gasteiger partial charge in [0.15, 0.2) is 0 Å². The molecule has 1 aromatic heterocycles. The zero-order valence-corrected chi connectivity index (χ0v) is 17.8. The van der Waals surface area contributed by atoms with Gasteiger partial charge >= 0.3 is 0 Å². The molecule has 0 radical (unpaired) electrons. The number of carbonyl (C=O) groups excluding carboxylic acids is 1. The van der Waals surface area contributed by atoms with Crippen molar-refractivity contribution in [1.29, 1.82) is 0 Å². The molecule has 0 aliphatic rings. The van der Waals surface area contributed by atoms with Crippen molar-refractivity contribution in [3.63, 3.8) is 0 Å². The normalized spacial score (nSPS) is 11.3. The van der Waals surface area contributed by atoms with Crippen LogP contribution in [0.15, 0.2) is 76.6 Å². The van der Waals surface area contributed by atoms with Crippen LogP contribution < -0.4 is 15.6 Å². The third-order valence-corrected chi connectivity index (χ3v) is 6.18. The third kappa shape index (κ3) is 6.24. The summed E-state index contributed by atoms with van der Waals surface area (Å²) in [5.41, 5.74) is 0.882. The molecule has 1 amide bonds. The second kappa shape index (κ2) is 9.86. The average molecular weight is 464 g/mol. The topological polar surface area (TPSA) is 97.3 Å². The number of halogens is 2. The standard InChI is InChI=1S/C21H19ClFN3O4S/c22-19-4-2-1-3-15(19)13-26-14-17(7-10-21(26)28)25-20(27)11-12-24-31(29,30)18-8-5-16(23)6-9-18/h1-10,14,24H,11-13H2,(H,25,27). The van der Waals surface area contributed by atoms with Crippen molar-refractivity contribution in [3.8, 4) is 0 Å². The van der Waals surface area contributed by atoms with Crippen molar-refractivity contribution >= 4 is 33.2 Å². The number of sulfonamides is 1. The van der Waals surface area contributed by atoms with Crippen LogP contribution >= 0.6 is 11.6 Å². The van der Waals surface area contributed by atoms with Gasteiger partial charge in [0.1, 0.15) is 5.82 Å². The molecule has 0 saturated carbocycles. The van der Waals surface area contributed by atoms with Gasteiger partial charge in [-0.3, -0.25) is 9.59 Å². The van der Waals surface area contributed by atoms with E-state index in [1.807, 2.05) is 6.07 Å². The molecule has 7 nitrogen and oxygen atoms in total. The van der Waals surface area contributed by atoms with Crippen LogP contribution in [0.2, 0.25) is 5.02 Å². The predicted octanol–water partition coefficient (Wildman–Crippen LogP) is 3.00. The van der Waals surface area contributed by atoms with Gasteiger partial charge in [-0.25, -0.2) is 17.5 Å². The maximum atomic E-state index is 12.9. The van der Waals surface area contributed by atoms with E-state index in [1.165, 1.54) is 22.9 Å². The number of benzene rings is 2. The number of hydrogen-bond acceptors (Lipinski definition) is 4. The molecule has 3 rings (SSSR count). The molecule has 0 unspecified atom stereocenters. The van der Waals surface area contributed by atoms with Crippen LogP contribution in [-0.2, 0) is 21.4 Å². The smallest absolute Gasteiger partial charge is 0.250 e. The fourth-order valence-corrected chi connectivity index (χ4v) is 3.99. The molecule has 0 aliphatic carbocycles. The molecule has 0 fully saturated rings. The first-order valence-corrected chi connectivity index (χ1v) is 11.1. The Balaban J connectivity index is 1.59. The lowest BCUT2D eigenvalue weighted by molar-refractivity contribution is -0.116. The molecule has 0 atom stereocenters. The van der Waals surface area contributed by atoms with Crippen molar-refractivity contribution in [2.75, 3.05) is 11.9 Å². The molecule has 162 valence electrons. The van der Waals surface area contributed by atoms with Gasteiger partial charge in [0.25, 0.3) is 5.56 Å². The van der Waals surface area contributed by atoms with Crippen molar-refractivity contribution in [1.82, 2.24) is 9.29 Å². The largest absolute Gasteiger partial charge is 0.325 e. The Morgan fingerprint density at radius 3 is 2.45 bits per heavy atom. The molecule has 31 heavy (non-hydrogen) atoms. The molecule has 0 bridgehead atoms. The first-order valence-electron chi connectivity index (χ1n) is 9.23. The van der Waals surface area contributed by atoms with Gasteiger partial charge < -0.3 is 9.88 Å². The minimum atomic E-state index is -3.85. The van der Waals surface area contributed by atoms with Gasteiger partial charge in [-0.1, -0.05) is 29.8 Å². The number of nitrogens with zero attached hydrogens (tertiary/aromatic N) is 1. The quantitative estimate of drug-likeness (QED) is 0.536. The highest BCUT2D eigenvalue weighted by molar-refractivity contribution is 7.89. The molecule has 2 N–H and O–H groups in total. The van der Waals surface area contributed by atoms with Crippen LogP contribution in [0.1, 0.15) is 12.0 Å². The summed E-state index contributed by atoms with van der Waals surface area (Å²) >= 11 is 6.14. The zero-order chi connectivity index (χ0) is 22.4.